The second-order valence-electron chi connectivity index (χ2n) is 7.38. The molecule has 2 heterocycles. The van der Waals surface area contributed by atoms with Crippen molar-refractivity contribution in [1.29, 1.82) is 5.26 Å². The number of ether oxygens (including phenoxy) is 1. The van der Waals surface area contributed by atoms with Gasteiger partial charge in [-0.1, -0.05) is 0 Å². The van der Waals surface area contributed by atoms with Crippen molar-refractivity contribution in [1.82, 2.24) is 9.88 Å². The highest BCUT2D eigenvalue weighted by molar-refractivity contribution is 9.10. The van der Waals surface area contributed by atoms with Crippen LogP contribution in [-0.2, 0) is 4.74 Å². The van der Waals surface area contributed by atoms with Gasteiger partial charge in [0.05, 0.1) is 16.1 Å². The molecular formula is C18H21BrN4O3. The van der Waals surface area contributed by atoms with Gasteiger partial charge in [-0.15, -0.1) is 0 Å². The summed E-state index contributed by atoms with van der Waals surface area (Å²) in [6, 6.07) is 6.04. The smallest absolute Gasteiger partial charge is 0.410 e. The molecular weight excluding hydrogens is 400 g/mol. The van der Waals surface area contributed by atoms with E-state index in [0.717, 1.165) is 0 Å². The van der Waals surface area contributed by atoms with E-state index in [9.17, 15) is 4.79 Å². The minimum absolute atomic E-state index is 0.0264. The van der Waals surface area contributed by atoms with E-state index in [1.54, 1.807) is 17.0 Å². The molecule has 1 aliphatic rings. The Balaban J connectivity index is 1.78. The van der Waals surface area contributed by atoms with Gasteiger partial charge in [0.25, 0.3) is 6.01 Å². The standard InChI is InChI=1S/C18H21BrN4O3/c1-11-10-22(17(24)26-18(2,3)4)5-6-23(11)16-21-14-8-12(9-20)7-13(19)15(14)25-16/h7-8,11H,5-6,10H2,1-4H3. The van der Waals surface area contributed by atoms with Gasteiger partial charge in [-0.3, -0.25) is 0 Å². The lowest BCUT2D eigenvalue weighted by atomic mass is 10.2. The van der Waals surface area contributed by atoms with Crippen LogP contribution in [0.3, 0.4) is 0 Å². The molecule has 0 bridgehead atoms. The monoisotopic (exact) mass is 420 g/mol. The number of nitriles is 1. The Morgan fingerprint density at radius 1 is 1.42 bits per heavy atom. The number of anilines is 1. The van der Waals surface area contributed by atoms with E-state index in [2.05, 4.69) is 27.0 Å². The van der Waals surface area contributed by atoms with E-state index in [1.807, 2.05) is 32.6 Å². The molecule has 0 N–H and O–H groups in total. The molecule has 0 radical (unpaired) electrons. The molecule has 0 saturated carbocycles. The van der Waals surface area contributed by atoms with Crippen molar-refractivity contribution in [2.24, 2.45) is 0 Å². The van der Waals surface area contributed by atoms with E-state index >= 15 is 0 Å². The van der Waals surface area contributed by atoms with Gasteiger partial charge in [-0.05, 0) is 55.8 Å². The van der Waals surface area contributed by atoms with Gasteiger partial charge in [0, 0.05) is 25.7 Å². The predicted octanol–water partition coefficient (Wildman–Crippen LogP) is 3.91. The van der Waals surface area contributed by atoms with E-state index in [-0.39, 0.29) is 12.1 Å². The molecule has 7 nitrogen and oxygen atoms in total. The van der Waals surface area contributed by atoms with E-state index < -0.39 is 5.60 Å². The average Bonchev–Trinajstić information content (AvgIpc) is 2.97. The molecule has 1 saturated heterocycles. The van der Waals surface area contributed by atoms with Crippen molar-refractivity contribution in [2.45, 2.75) is 39.3 Å². The van der Waals surface area contributed by atoms with Crippen LogP contribution in [-0.4, -0.2) is 47.3 Å². The molecule has 0 aliphatic carbocycles. The number of hydrogen-bond acceptors (Lipinski definition) is 6. The zero-order valence-electron chi connectivity index (χ0n) is 15.2. The number of hydrogen-bond donors (Lipinski definition) is 0. The second-order valence-corrected chi connectivity index (χ2v) is 8.24. The van der Waals surface area contributed by atoms with E-state index in [0.29, 0.717) is 46.8 Å². The average molecular weight is 421 g/mol. The summed E-state index contributed by atoms with van der Waals surface area (Å²) in [5.74, 6) is 0. The number of fused-ring (bicyclic) bond motifs is 1. The van der Waals surface area contributed by atoms with Gasteiger partial charge < -0.3 is 19.0 Å². The van der Waals surface area contributed by atoms with Gasteiger partial charge >= 0.3 is 6.09 Å². The highest BCUT2D eigenvalue weighted by Gasteiger charge is 2.32. The van der Waals surface area contributed by atoms with Crippen LogP contribution >= 0.6 is 15.9 Å². The summed E-state index contributed by atoms with van der Waals surface area (Å²) in [5, 5.41) is 9.09. The number of oxazole rings is 1. The Labute approximate surface area is 160 Å². The Hall–Kier alpha value is -2.27. The Morgan fingerprint density at radius 3 is 2.77 bits per heavy atom. The van der Waals surface area contributed by atoms with Gasteiger partial charge in [-0.25, -0.2) is 4.79 Å². The fraction of sp³-hybridized carbons (Fsp3) is 0.500. The third-order valence-electron chi connectivity index (χ3n) is 4.09. The molecule has 138 valence electrons. The highest BCUT2D eigenvalue weighted by Crippen LogP contribution is 2.31. The van der Waals surface area contributed by atoms with Crippen molar-refractivity contribution in [3.05, 3.63) is 22.2 Å². The largest absolute Gasteiger partial charge is 0.444 e. The van der Waals surface area contributed by atoms with Crippen molar-refractivity contribution in [3.63, 3.8) is 0 Å². The van der Waals surface area contributed by atoms with Crippen LogP contribution in [0.15, 0.2) is 21.0 Å². The summed E-state index contributed by atoms with van der Waals surface area (Å²) >= 11 is 3.42. The van der Waals surface area contributed by atoms with Gasteiger partial charge in [-0.2, -0.15) is 10.2 Å². The molecule has 1 fully saturated rings. The Bertz CT molecular complexity index is 881. The lowest BCUT2D eigenvalue weighted by Gasteiger charge is -2.39. The minimum Gasteiger partial charge on any atom is -0.444 e. The van der Waals surface area contributed by atoms with Crippen LogP contribution in [0.25, 0.3) is 11.1 Å². The first kappa shape index (κ1) is 18.5. The number of carbonyl (C=O) groups excluding carboxylic acids is 1. The predicted molar refractivity (Wildman–Crippen MR) is 101 cm³/mol. The molecule has 3 rings (SSSR count). The molecule has 1 amide bonds. The first-order valence-corrected chi connectivity index (χ1v) is 9.22. The molecule has 1 aromatic heterocycles. The molecule has 1 unspecified atom stereocenters. The zero-order valence-corrected chi connectivity index (χ0v) is 16.8. The number of aromatic nitrogens is 1. The maximum Gasteiger partial charge on any atom is 0.410 e. The second kappa shape index (κ2) is 6.80. The Kier molecular flexibility index (Phi) is 4.84. The highest BCUT2D eigenvalue weighted by atomic mass is 79.9. The maximum absolute atomic E-state index is 12.3. The summed E-state index contributed by atoms with van der Waals surface area (Å²) < 4.78 is 12.1. The van der Waals surface area contributed by atoms with Crippen LogP contribution in [0.5, 0.6) is 0 Å². The van der Waals surface area contributed by atoms with E-state index in [1.165, 1.54) is 0 Å². The normalized spacial score (nSPS) is 18.1. The van der Waals surface area contributed by atoms with E-state index in [4.69, 9.17) is 14.4 Å². The number of nitrogens with zero attached hydrogens (tertiary/aromatic N) is 4. The first-order chi connectivity index (χ1) is 12.2. The number of carbonyl (C=O) groups is 1. The summed E-state index contributed by atoms with van der Waals surface area (Å²) in [5.41, 5.74) is 1.25. The van der Waals surface area contributed by atoms with Crippen LogP contribution in [0.2, 0.25) is 0 Å². The molecule has 1 aromatic carbocycles. The van der Waals surface area contributed by atoms with Crippen molar-refractivity contribution < 1.29 is 13.9 Å². The molecule has 1 aliphatic heterocycles. The van der Waals surface area contributed by atoms with Gasteiger partial charge in [0.2, 0.25) is 0 Å². The van der Waals surface area contributed by atoms with Gasteiger partial charge in [0.1, 0.15) is 11.1 Å². The van der Waals surface area contributed by atoms with Crippen LogP contribution in [0.4, 0.5) is 10.8 Å². The lowest BCUT2D eigenvalue weighted by molar-refractivity contribution is 0.0216. The fourth-order valence-electron chi connectivity index (χ4n) is 2.90. The summed E-state index contributed by atoms with van der Waals surface area (Å²) in [6.07, 6.45) is -0.303. The number of rotatable bonds is 1. The fourth-order valence-corrected chi connectivity index (χ4v) is 3.43. The number of amides is 1. The van der Waals surface area contributed by atoms with Crippen molar-refractivity contribution in [2.75, 3.05) is 24.5 Å². The lowest BCUT2D eigenvalue weighted by Crippen LogP contribution is -2.54. The van der Waals surface area contributed by atoms with Crippen molar-refractivity contribution in [3.8, 4) is 6.07 Å². The first-order valence-electron chi connectivity index (χ1n) is 8.42. The summed E-state index contributed by atoms with van der Waals surface area (Å²) in [6.45, 7) is 9.24. The molecule has 0 spiro atoms. The maximum atomic E-state index is 12.3. The molecule has 8 heteroatoms. The number of piperazine rings is 1. The van der Waals surface area contributed by atoms with Crippen molar-refractivity contribution >= 4 is 39.1 Å². The molecule has 2 aromatic rings. The summed E-state index contributed by atoms with van der Waals surface area (Å²) in [4.78, 5) is 20.5. The third kappa shape index (κ3) is 3.78. The summed E-state index contributed by atoms with van der Waals surface area (Å²) in [7, 11) is 0. The third-order valence-corrected chi connectivity index (χ3v) is 4.68. The number of benzene rings is 1. The zero-order chi connectivity index (χ0) is 19.1. The van der Waals surface area contributed by atoms with Crippen LogP contribution in [0.1, 0.15) is 33.3 Å². The molecule has 26 heavy (non-hydrogen) atoms. The SMILES string of the molecule is CC1CN(C(=O)OC(C)(C)C)CCN1c1nc2cc(C#N)cc(Br)c2o1. The van der Waals surface area contributed by atoms with Crippen LogP contribution in [0, 0.1) is 11.3 Å². The minimum atomic E-state index is -0.511. The molecule has 1 atom stereocenters. The number of halogens is 1. The topological polar surface area (TPSA) is 82.6 Å². The van der Waals surface area contributed by atoms with Gasteiger partial charge in [0.15, 0.2) is 5.58 Å². The van der Waals surface area contributed by atoms with Crippen LogP contribution < -0.4 is 4.90 Å². The Morgan fingerprint density at radius 2 is 2.15 bits per heavy atom. The quantitative estimate of drug-likeness (QED) is 0.695.